The Morgan fingerprint density at radius 3 is 2.52 bits per heavy atom. The number of nitrogens with one attached hydrogen (secondary N) is 1. The van der Waals surface area contributed by atoms with Crippen molar-refractivity contribution in [3.05, 3.63) is 52.5 Å². The number of amides is 1. The van der Waals surface area contributed by atoms with E-state index in [-0.39, 0.29) is 21.1 Å². The van der Waals surface area contributed by atoms with E-state index in [0.717, 1.165) is 0 Å². The molecule has 2 aromatic rings. The summed E-state index contributed by atoms with van der Waals surface area (Å²) < 4.78 is 16.5. The minimum atomic E-state index is -4.49. The maximum atomic E-state index is 11.9. The van der Waals surface area contributed by atoms with Crippen LogP contribution < -0.4 is 15.4 Å². The van der Waals surface area contributed by atoms with Gasteiger partial charge in [0.15, 0.2) is 6.61 Å². The van der Waals surface area contributed by atoms with Crippen molar-refractivity contribution in [3.63, 3.8) is 0 Å². The number of hydrogen-bond donors (Lipinski definition) is 3. The van der Waals surface area contributed by atoms with Crippen LogP contribution in [0.3, 0.4) is 0 Å². The van der Waals surface area contributed by atoms with Gasteiger partial charge in [-0.05, 0) is 24.3 Å². The number of anilines is 1. The minimum absolute atomic E-state index is 0.0619. The summed E-state index contributed by atoms with van der Waals surface area (Å²) in [6, 6.07) is 10.4. The lowest BCUT2D eigenvalue weighted by atomic mass is 10.3. The fourth-order valence-electron chi connectivity index (χ4n) is 1.75. The van der Waals surface area contributed by atoms with E-state index in [1.807, 2.05) is 0 Å². The number of ether oxygens (including phenoxy) is 1. The Morgan fingerprint density at radius 1 is 1.13 bits per heavy atom. The lowest BCUT2D eigenvalue weighted by Gasteiger charge is -2.13. The van der Waals surface area contributed by atoms with E-state index in [1.54, 1.807) is 24.3 Å². The first kappa shape index (κ1) is 17.8. The van der Waals surface area contributed by atoms with E-state index >= 15 is 0 Å². The Morgan fingerprint density at radius 2 is 1.83 bits per heavy atom. The molecule has 2 rings (SSSR count). The van der Waals surface area contributed by atoms with Crippen LogP contribution >= 0.6 is 30.8 Å². The van der Waals surface area contributed by atoms with E-state index < -0.39 is 20.1 Å². The van der Waals surface area contributed by atoms with Crippen molar-refractivity contribution in [3.8, 4) is 5.75 Å². The molecule has 2 aromatic carbocycles. The Labute approximate surface area is 142 Å². The molecule has 0 spiro atoms. The van der Waals surface area contributed by atoms with Crippen molar-refractivity contribution in [2.45, 2.75) is 0 Å². The highest BCUT2D eigenvalue weighted by atomic mass is 35.5. The zero-order valence-corrected chi connectivity index (χ0v) is 14.0. The second kappa shape index (κ2) is 7.34. The molecule has 0 saturated heterocycles. The highest BCUT2D eigenvalue weighted by Gasteiger charge is 2.22. The van der Waals surface area contributed by atoms with Gasteiger partial charge >= 0.3 is 7.60 Å². The van der Waals surface area contributed by atoms with Crippen LogP contribution in [0.15, 0.2) is 42.5 Å². The largest absolute Gasteiger partial charge is 0.483 e. The average molecular weight is 376 g/mol. The summed E-state index contributed by atoms with van der Waals surface area (Å²) >= 11 is 11.8. The van der Waals surface area contributed by atoms with Crippen molar-refractivity contribution < 1.29 is 23.9 Å². The summed E-state index contributed by atoms with van der Waals surface area (Å²) in [7, 11) is -4.49. The second-order valence-electron chi connectivity index (χ2n) is 4.45. The third-order valence-electron chi connectivity index (χ3n) is 2.76. The summed E-state index contributed by atoms with van der Waals surface area (Å²) in [5, 5.41) is 2.70. The number of carbonyl (C=O) groups excluding carboxylic acids is 1. The number of carbonyl (C=O) groups is 1. The van der Waals surface area contributed by atoms with Crippen LogP contribution in [0.1, 0.15) is 0 Å². The van der Waals surface area contributed by atoms with E-state index in [2.05, 4.69) is 5.32 Å². The molecule has 0 unspecified atom stereocenters. The first-order valence-corrected chi connectivity index (χ1v) is 8.67. The summed E-state index contributed by atoms with van der Waals surface area (Å²) in [4.78, 5) is 30.3. The normalized spacial score (nSPS) is 11.1. The molecular formula is C14H12Cl2NO5P. The second-order valence-corrected chi connectivity index (χ2v) is 6.81. The van der Waals surface area contributed by atoms with E-state index in [9.17, 15) is 19.1 Å². The zero-order chi connectivity index (χ0) is 17.0. The SMILES string of the molecule is O=C(COc1ccccc1P(=O)(O)O)Nc1cccc(Cl)c1Cl. The molecule has 0 saturated carbocycles. The quantitative estimate of drug-likeness (QED) is 0.698. The minimum Gasteiger partial charge on any atom is -0.483 e. The monoisotopic (exact) mass is 375 g/mol. The molecule has 122 valence electrons. The van der Waals surface area contributed by atoms with Crippen LogP contribution in [0.2, 0.25) is 10.0 Å². The predicted octanol–water partition coefficient (Wildman–Crippen LogP) is 2.81. The zero-order valence-electron chi connectivity index (χ0n) is 11.6. The Kier molecular flexibility index (Phi) is 5.68. The molecule has 0 aliphatic carbocycles. The van der Waals surface area contributed by atoms with Crippen LogP contribution in [0.4, 0.5) is 5.69 Å². The predicted molar refractivity (Wildman–Crippen MR) is 88.7 cm³/mol. The molecule has 0 aliphatic rings. The molecule has 0 aliphatic heterocycles. The van der Waals surface area contributed by atoms with Gasteiger partial charge in [-0.2, -0.15) is 0 Å². The molecule has 0 atom stereocenters. The number of rotatable bonds is 5. The van der Waals surface area contributed by atoms with E-state index in [1.165, 1.54) is 18.2 Å². The standard InChI is InChI=1S/C14H12Cl2NO5P/c15-9-4-3-5-10(14(9)16)17-13(18)8-22-11-6-1-2-7-12(11)23(19,20)21/h1-7H,8H2,(H,17,18)(H2,19,20,21). The molecule has 1 amide bonds. The highest BCUT2D eigenvalue weighted by Crippen LogP contribution is 2.37. The molecule has 0 radical (unpaired) electrons. The van der Waals surface area contributed by atoms with Gasteiger partial charge < -0.3 is 19.8 Å². The maximum absolute atomic E-state index is 11.9. The molecule has 3 N–H and O–H groups in total. The lowest BCUT2D eigenvalue weighted by molar-refractivity contribution is -0.118. The van der Waals surface area contributed by atoms with Crippen LogP contribution in [-0.4, -0.2) is 22.3 Å². The fraction of sp³-hybridized carbons (Fsp3) is 0.0714. The summed E-state index contributed by atoms with van der Waals surface area (Å²) in [5.74, 6) is -0.608. The number of benzene rings is 2. The third-order valence-corrected chi connectivity index (χ3v) is 4.58. The third kappa shape index (κ3) is 4.70. The number of para-hydroxylation sites is 1. The molecular weight excluding hydrogens is 364 g/mol. The summed E-state index contributed by atoms with van der Waals surface area (Å²) in [6.45, 7) is -0.445. The van der Waals surface area contributed by atoms with Crippen molar-refractivity contribution in [2.24, 2.45) is 0 Å². The van der Waals surface area contributed by atoms with Crippen molar-refractivity contribution >= 4 is 47.7 Å². The van der Waals surface area contributed by atoms with Gasteiger partial charge in [0.2, 0.25) is 0 Å². The summed E-state index contributed by atoms with van der Waals surface area (Å²) in [5.41, 5.74) is 0.316. The Bertz CT molecular complexity index is 778. The summed E-state index contributed by atoms with van der Waals surface area (Å²) in [6.07, 6.45) is 0. The van der Waals surface area contributed by atoms with Gasteiger partial charge in [0, 0.05) is 0 Å². The fourth-order valence-corrected chi connectivity index (χ4v) is 2.80. The lowest BCUT2D eigenvalue weighted by Crippen LogP contribution is -2.22. The molecule has 9 heteroatoms. The molecule has 0 aromatic heterocycles. The first-order chi connectivity index (χ1) is 10.8. The van der Waals surface area contributed by atoms with Crippen molar-refractivity contribution in [1.29, 1.82) is 0 Å². The van der Waals surface area contributed by atoms with E-state index in [0.29, 0.717) is 5.69 Å². The number of hydrogen-bond acceptors (Lipinski definition) is 3. The van der Waals surface area contributed by atoms with Crippen LogP contribution in [0.25, 0.3) is 0 Å². The van der Waals surface area contributed by atoms with Crippen molar-refractivity contribution in [1.82, 2.24) is 0 Å². The van der Waals surface area contributed by atoms with Gasteiger partial charge in [-0.25, -0.2) is 0 Å². The van der Waals surface area contributed by atoms with Gasteiger partial charge in [0.05, 0.1) is 15.7 Å². The molecule has 0 heterocycles. The van der Waals surface area contributed by atoms with Gasteiger partial charge in [-0.1, -0.05) is 41.4 Å². The topological polar surface area (TPSA) is 95.9 Å². The van der Waals surface area contributed by atoms with Crippen LogP contribution in [0.5, 0.6) is 5.75 Å². The molecule has 6 nitrogen and oxygen atoms in total. The average Bonchev–Trinajstić information content (AvgIpc) is 2.49. The molecule has 0 bridgehead atoms. The van der Waals surface area contributed by atoms with Gasteiger partial charge in [-0.15, -0.1) is 0 Å². The van der Waals surface area contributed by atoms with Gasteiger partial charge in [0.25, 0.3) is 5.91 Å². The van der Waals surface area contributed by atoms with Crippen LogP contribution in [-0.2, 0) is 9.36 Å². The molecule has 23 heavy (non-hydrogen) atoms. The Balaban J connectivity index is 2.06. The smallest absolute Gasteiger partial charge is 0.359 e. The number of halogens is 2. The highest BCUT2D eigenvalue weighted by molar-refractivity contribution is 7.60. The molecule has 0 fully saturated rings. The van der Waals surface area contributed by atoms with Crippen molar-refractivity contribution in [2.75, 3.05) is 11.9 Å². The first-order valence-electron chi connectivity index (χ1n) is 6.31. The van der Waals surface area contributed by atoms with E-state index in [4.69, 9.17) is 27.9 Å². The van der Waals surface area contributed by atoms with Crippen LogP contribution in [0, 0.1) is 0 Å². The van der Waals surface area contributed by atoms with Gasteiger partial charge in [-0.3, -0.25) is 9.36 Å². The van der Waals surface area contributed by atoms with Gasteiger partial charge in [0.1, 0.15) is 11.1 Å². The maximum Gasteiger partial charge on any atom is 0.359 e. The Hall–Kier alpha value is -1.56.